The lowest BCUT2D eigenvalue weighted by molar-refractivity contribution is -0.122. The number of rotatable bonds is 14. The van der Waals surface area contributed by atoms with Crippen molar-refractivity contribution in [1.29, 1.82) is 0 Å². The van der Waals surface area contributed by atoms with Crippen LogP contribution in [-0.2, 0) is 28.1 Å². The number of thiazole rings is 1. The van der Waals surface area contributed by atoms with Gasteiger partial charge in [0.25, 0.3) is 15.8 Å². The molecule has 14 nitrogen and oxygen atoms in total. The fourth-order valence-corrected chi connectivity index (χ4v) is 4.76. The first-order chi connectivity index (χ1) is 18.1. The Labute approximate surface area is 222 Å². The summed E-state index contributed by atoms with van der Waals surface area (Å²) in [5.41, 5.74) is 10.3. The molecule has 0 aliphatic heterocycles. The lowest BCUT2D eigenvalue weighted by Crippen LogP contribution is -2.43. The molecule has 0 radical (unpaired) electrons. The second-order valence-electron chi connectivity index (χ2n) is 7.91. The molecule has 0 aliphatic rings. The van der Waals surface area contributed by atoms with E-state index in [-0.39, 0.29) is 41.9 Å². The molecule has 0 fully saturated rings. The maximum absolute atomic E-state index is 12.9. The van der Waals surface area contributed by atoms with E-state index >= 15 is 0 Å². The van der Waals surface area contributed by atoms with Crippen LogP contribution in [0.2, 0.25) is 0 Å². The first kappa shape index (κ1) is 28.4. The molecular formula is C22H27N9O5S2. The molecule has 0 saturated carbocycles. The molecular weight excluding hydrogens is 534 g/mol. The number of nitrogens with one attached hydrogen (secondary N) is 3. The highest BCUT2D eigenvalue weighted by Gasteiger charge is 2.24. The number of anilines is 1. The van der Waals surface area contributed by atoms with Crippen molar-refractivity contribution >= 4 is 44.9 Å². The van der Waals surface area contributed by atoms with Crippen LogP contribution in [-0.4, -0.2) is 53.2 Å². The van der Waals surface area contributed by atoms with Gasteiger partial charge in [-0.25, -0.2) is 4.98 Å². The van der Waals surface area contributed by atoms with Gasteiger partial charge >= 0.3 is 0 Å². The molecule has 202 valence electrons. The molecule has 3 aromatic heterocycles. The summed E-state index contributed by atoms with van der Waals surface area (Å²) in [6.45, 7) is -0.204. The molecule has 7 N–H and O–H groups in total. The van der Waals surface area contributed by atoms with Crippen LogP contribution >= 0.6 is 11.3 Å². The molecule has 1 unspecified atom stereocenters. The van der Waals surface area contributed by atoms with Crippen LogP contribution in [0.4, 0.5) is 5.69 Å². The second kappa shape index (κ2) is 13.4. The molecule has 38 heavy (non-hydrogen) atoms. The van der Waals surface area contributed by atoms with Gasteiger partial charge in [0.1, 0.15) is 12.2 Å². The Morgan fingerprint density at radius 1 is 1.16 bits per heavy atom. The molecule has 0 aromatic carbocycles. The number of pyridine rings is 2. The third kappa shape index (κ3) is 8.75. The summed E-state index contributed by atoms with van der Waals surface area (Å²) in [4.78, 5) is 50.2. The summed E-state index contributed by atoms with van der Waals surface area (Å²) in [7, 11) is -4.09. The monoisotopic (exact) mass is 561 g/mol. The van der Waals surface area contributed by atoms with Crippen LogP contribution in [0.3, 0.4) is 0 Å². The van der Waals surface area contributed by atoms with E-state index in [1.807, 2.05) is 0 Å². The maximum Gasteiger partial charge on any atom is 0.299 e. The maximum atomic E-state index is 12.9. The zero-order valence-electron chi connectivity index (χ0n) is 20.1. The fourth-order valence-electron chi connectivity index (χ4n) is 3.26. The average Bonchev–Trinajstić information content (AvgIpc) is 3.42. The Kier molecular flexibility index (Phi) is 10.0. The number of hydrogen-bond donors (Lipinski definition) is 5. The van der Waals surface area contributed by atoms with Crippen molar-refractivity contribution in [1.82, 2.24) is 24.6 Å². The summed E-state index contributed by atoms with van der Waals surface area (Å²) < 4.78 is 30.4. The quantitative estimate of drug-likeness (QED) is 0.0745. The van der Waals surface area contributed by atoms with Crippen molar-refractivity contribution in [2.75, 3.05) is 11.3 Å². The number of Topliss-reactive ketones (excluding diaryl/α,β-unsaturated/α-hetero) is 1. The molecule has 16 heteroatoms. The van der Waals surface area contributed by atoms with Crippen molar-refractivity contribution in [3.05, 3.63) is 75.4 Å². The number of nitrogens with zero attached hydrogens (tertiary/aromatic N) is 4. The predicted molar refractivity (Wildman–Crippen MR) is 143 cm³/mol. The number of aliphatic imine (C=N–C) groups is 1. The van der Waals surface area contributed by atoms with Crippen LogP contribution in [0, 0.1) is 0 Å². The smallest absolute Gasteiger partial charge is 0.299 e. The van der Waals surface area contributed by atoms with E-state index in [2.05, 4.69) is 29.7 Å². The normalized spacial score (nSPS) is 11.9. The summed E-state index contributed by atoms with van der Waals surface area (Å²) in [5.74, 6) is -1.09. The van der Waals surface area contributed by atoms with Crippen LogP contribution in [0.5, 0.6) is 0 Å². The van der Waals surface area contributed by atoms with E-state index in [0.29, 0.717) is 12.0 Å². The van der Waals surface area contributed by atoms with Gasteiger partial charge in [0.2, 0.25) is 11.7 Å². The Morgan fingerprint density at radius 3 is 2.61 bits per heavy atom. The van der Waals surface area contributed by atoms with E-state index in [1.54, 1.807) is 17.5 Å². The van der Waals surface area contributed by atoms with Crippen LogP contribution in [0.25, 0.3) is 0 Å². The van der Waals surface area contributed by atoms with Gasteiger partial charge in [-0.15, -0.1) is 11.3 Å². The van der Waals surface area contributed by atoms with Crippen molar-refractivity contribution in [2.24, 2.45) is 16.5 Å². The number of guanidine groups is 1. The van der Waals surface area contributed by atoms with Crippen LogP contribution < -0.4 is 31.8 Å². The summed E-state index contributed by atoms with van der Waals surface area (Å²) in [6.07, 6.45) is 6.51. The zero-order valence-corrected chi connectivity index (χ0v) is 21.7. The van der Waals surface area contributed by atoms with Gasteiger partial charge in [-0.05, 0) is 42.7 Å². The molecule has 3 heterocycles. The highest BCUT2D eigenvalue weighted by molar-refractivity contribution is 7.90. The SMILES string of the molecule is NC(N)=NCCCC(NC(=O)Cn1cccc(NS(=O)(=O)NCc2ccncc2)c1=O)C(=O)c1nccs1. The molecule has 1 amide bonds. The largest absolute Gasteiger partial charge is 0.370 e. The van der Waals surface area contributed by atoms with Gasteiger partial charge in [0, 0.05) is 43.3 Å². The Morgan fingerprint density at radius 2 is 1.92 bits per heavy atom. The average molecular weight is 562 g/mol. The number of aromatic nitrogens is 3. The highest BCUT2D eigenvalue weighted by Crippen LogP contribution is 2.11. The lowest BCUT2D eigenvalue weighted by Gasteiger charge is -2.17. The van der Waals surface area contributed by atoms with Crippen LogP contribution in [0.1, 0.15) is 28.2 Å². The van der Waals surface area contributed by atoms with E-state index in [1.165, 1.54) is 36.9 Å². The third-order valence-corrected chi connectivity index (χ3v) is 6.83. The summed E-state index contributed by atoms with van der Waals surface area (Å²) in [6, 6.07) is 5.07. The number of hydrogen-bond acceptors (Lipinski definition) is 9. The molecule has 0 aliphatic carbocycles. The van der Waals surface area contributed by atoms with E-state index in [9.17, 15) is 22.8 Å². The van der Waals surface area contributed by atoms with Gasteiger partial charge in [-0.3, -0.25) is 29.1 Å². The Balaban J connectivity index is 1.66. The van der Waals surface area contributed by atoms with Crippen molar-refractivity contribution in [3.63, 3.8) is 0 Å². The van der Waals surface area contributed by atoms with E-state index < -0.39 is 34.3 Å². The first-order valence-corrected chi connectivity index (χ1v) is 13.6. The number of ketones is 1. The summed E-state index contributed by atoms with van der Waals surface area (Å²) >= 11 is 1.14. The van der Waals surface area contributed by atoms with Gasteiger partial charge in [-0.1, -0.05) is 0 Å². The topological polar surface area (TPSA) is 217 Å². The minimum Gasteiger partial charge on any atom is -0.370 e. The Hall–Kier alpha value is -4.15. The molecule has 1 atom stereocenters. The van der Waals surface area contributed by atoms with E-state index in [4.69, 9.17) is 11.5 Å². The number of carbonyl (C=O) groups excluding carboxylic acids is 2. The minimum absolute atomic E-state index is 0.0149. The fraction of sp³-hybridized carbons (Fsp3) is 0.273. The van der Waals surface area contributed by atoms with Crippen molar-refractivity contribution in [2.45, 2.75) is 32.0 Å². The van der Waals surface area contributed by atoms with E-state index in [0.717, 1.165) is 15.9 Å². The minimum atomic E-state index is -4.09. The van der Waals surface area contributed by atoms with Gasteiger partial charge < -0.3 is 21.4 Å². The summed E-state index contributed by atoms with van der Waals surface area (Å²) in [5, 5.41) is 4.50. The molecule has 0 spiro atoms. The van der Waals surface area contributed by atoms with Crippen LogP contribution in [0.15, 0.2) is 64.2 Å². The zero-order chi connectivity index (χ0) is 27.5. The predicted octanol–water partition coefficient (Wildman–Crippen LogP) is -0.432. The lowest BCUT2D eigenvalue weighted by atomic mass is 10.1. The van der Waals surface area contributed by atoms with Gasteiger partial charge in [0.15, 0.2) is 11.0 Å². The second-order valence-corrected chi connectivity index (χ2v) is 10.3. The molecule has 0 bridgehead atoms. The van der Waals surface area contributed by atoms with Crippen molar-refractivity contribution < 1.29 is 18.0 Å². The highest BCUT2D eigenvalue weighted by atomic mass is 32.2. The number of nitrogens with two attached hydrogens (primary N) is 2. The van der Waals surface area contributed by atoms with Gasteiger partial charge in [-0.2, -0.15) is 13.1 Å². The van der Waals surface area contributed by atoms with Crippen molar-refractivity contribution in [3.8, 4) is 0 Å². The number of amides is 1. The molecule has 3 aromatic rings. The molecule has 0 saturated heterocycles. The first-order valence-electron chi connectivity index (χ1n) is 11.3. The standard InChI is InChI=1S/C22H27N9O5S2/c23-22(24)27-7-1-3-16(19(33)20-26-10-12-37-20)29-18(32)14-31-11-2-4-17(21(31)34)30-38(35,36)28-13-15-5-8-25-9-6-15/h2,4-6,8-12,16,28,30H,1,3,7,13-14H2,(H,29,32)(H4,23,24,27). The third-order valence-electron chi connectivity index (χ3n) is 5.03. The molecule has 3 rings (SSSR count). The van der Waals surface area contributed by atoms with Gasteiger partial charge in [0.05, 0.1) is 6.04 Å². The number of carbonyl (C=O) groups is 2. The Bertz CT molecular complexity index is 1420.